The second-order valence-corrected chi connectivity index (χ2v) is 8.58. The maximum atomic E-state index is 12.8. The first-order valence-electron chi connectivity index (χ1n) is 12.4. The quantitative estimate of drug-likeness (QED) is 0.515. The van der Waals surface area contributed by atoms with Gasteiger partial charge >= 0.3 is 0 Å². The number of rotatable bonds is 5. The van der Waals surface area contributed by atoms with E-state index < -0.39 is 12.9 Å². The van der Waals surface area contributed by atoms with Crippen LogP contribution < -0.4 is 20.9 Å². The fourth-order valence-electron chi connectivity index (χ4n) is 4.17. The second kappa shape index (κ2) is 8.04. The van der Waals surface area contributed by atoms with Gasteiger partial charge in [-0.1, -0.05) is 5.21 Å². The molecule has 1 fully saturated rings. The number of carbonyl (C=O) groups excluding carboxylic acids is 2. The third-order valence-electron chi connectivity index (χ3n) is 6.15. The number of anilines is 4. The summed E-state index contributed by atoms with van der Waals surface area (Å²) in [5.74, 6) is -0.678. The van der Waals surface area contributed by atoms with Crippen molar-refractivity contribution in [3.63, 3.8) is 0 Å². The zero-order chi connectivity index (χ0) is 26.6. The summed E-state index contributed by atoms with van der Waals surface area (Å²) < 4.78 is 24.0. The number of hydrogen-bond acceptors (Lipinski definition) is 9. The van der Waals surface area contributed by atoms with Gasteiger partial charge in [-0.3, -0.25) is 9.59 Å². The van der Waals surface area contributed by atoms with Gasteiger partial charge in [-0.2, -0.15) is 0 Å². The van der Waals surface area contributed by atoms with Crippen LogP contribution in [0.5, 0.6) is 0 Å². The predicted octanol–water partition coefficient (Wildman–Crippen LogP) is 1.94. The van der Waals surface area contributed by atoms with Gasteiger partial charge in [0.2, 0.25) is 5.91 Å². The molecular formula is C22H26N10O2. The van der Waals surface area contributed by atoms with E-state index in [0.29, 0.717) is 17.2 Å². The number of hydrogen-bond donors (Lipinski definition) is 3. The lowest BCUT2D eigenvalue weighted by Gasteiger charge is -2.34. The Hall–Kier alpha value is -4.09. The summed E-state index contributed by atoms with van der Waals surface area (Å²) in [4.78, 5) is 31.8. The normalized spacial score (nSPS) is 18.2. The van der Waals surface area contributed by atoms with Crippen LogP contribution >= 0.6 is 0 Å². The summed E-state index contributed by atoms with van der Waals surface area (Å²) in [6.07, 6.45) is 1.61. The largest absolute Gasteiger partial charge is 0.363 e. The number of aromatic nitrogens is 6. The first-order valence-corrected chi connectivity index (χ1v) is 10.9. The highest BCUT2D eigenvalue weighted by molar-refractivity contribution is 6.00. The number of carbonyl (C=O) groups is 2. The van der Waals surface area contributed by atoms with Gasteiger partial charge in [0.1, 0.15) is 5.69 Å². The van der Waals surface area contributed by atoms with E-state index in [4.69, 9.17) is 4.11 Å². The van der Waals surface area contributed by atoms with Gasteiger partial charge < -0.3 is 20.9 Å². The van der Waals surface area contributed by atoms with Crippen LogP contribution in [0.2, 0.25) is 0 Å². The molecule has 12 nitrogen and oxygen atoms in total. The van der Waals surface area contributed by atoms with Crippen molar-refractivity contribution in [1.29, 1.82) is 0 Å². The average molecular weight is 466 g/mol. The molecule has 3 N–H and O–H groups in total. The number of nitrogens with one attached hydrogen (secondary N) is 3. The van der Waals surface area contributed by atoms with Crippen LogP contribution in [0.3, 0.4) is 0 Å². The monoisotopic (exact) mass is 465 g/mol. The predicted molar refractivity (Wildman–Crippen MR) is 126 cm³/mol. The molecule has 12 heteroatoms. The maximum absolute atomic E-state index is 12.8. The van der Waals surface area contributed by atoms with E-state index in [1.165, 1.54) is 6.07 Å². The summed E-state index contributed by atoms with van der Waals surface area (Å²) in [6, 6.07) is 3.26. The zero-order valence-electron chi connectivity index (χ0n) is 22.2. The van der Waals surface area contributed by atoms with Crippen molar-refractivity contribution in [3.05, 3.63) is 29.2 Å². The Bertz CT molecular complexity index is 1420. The zero-order valence-corrected chi connectivity index (χ0v) is 19.2. The van der Waals surface area contributed by atoms with E-state index in [-0.39, 0.29) is 35.1 Å². The Balaban J connectivity index is 1.60. The van der Waals surface area contributed by atoms with E-state index in [0.717, 1.165) is 29.8 Å². The molecule has 3 aromatic rings. The molecule has 0 spiro atoms. The summed E-state index contributed by atoms with van der Waals surface area (Å²) in [5.41, 5.74) is 3.74. The highest BCUT2D eigenvalue weighted by Crippen LogP contribution is 2.46. The molecule has 1 aliphatic carbocycles. The summed E-state index contributed by atoms with van der Waals surface area (Å²) >= 11 is 0. The lowest BCUT2D eigenvalue weighted by molar-refractivity contribution is -0.117. The molecule has 0 unspecified atom stereocenters. The Morgan fingerprint density at radius 2 is 1.97 bits per heavy atom. The average Bonchev–Trinajstić information content (AvgIpc) is 3.58. The third-order valence-corrected chi connectivity index (χ3v) is 6.15. The second-order valence-electron chi connectivity index (χ2n) is 8.58. The molecule has 1 aliphatic heterocycles. The number of pyridine rings is 1. The first-order chi connectivity index (χ1) is 17.4. The van der Waals surface area contributed by atoms with Crippen molar-refractivity contribution < 1.29 is 13.7 Å². The van der Waals surface area contributed by atoms with Gasteiger partial charge in [-0.05, 0) is 32.8 Å². The minimum atomic E-state index is -2.73. The molecule has 0 bridgehead atoms. The Labute approximate surface area is 200 Å². The van der Waals surface area contributed by atoms with E-state index in [1.807, 2.05) is 44.2 Å². The molecule has 34 heavy (non-hydrogen) atoms. The SMILES string of the molecule is [2H]C([2H])([2H])NC(=O)c1nnc(NC(=O)C2CC2)cc1Nc1nc(C)cc2c1N(C)[C@@H](C)c1c-2nnn1C. The molecule has 3 aromatic heterocycles. The van der Waals surface area contributed by atoms with Crippen LogP contribution in [0.25, 0.3) is 11.3 Å². The van der Waals surface area contributed by atoms with Crippen LogP contribution in [0.1, 0.15) is 51.8 Å². The van der Waals surface area contributed by atoms with Crippen LogP contribution in [0.15, 0.2) is 12.1 Å². The molecule has 2 amide bonds. The molecule has 176 valence electrons. The van der Waals surface area contributed by atoms with Crippen molar-refractivity contribution in [3.8, 4) is 11.3 Å². The van der Waals surface area contributed by atoms with Gasteiger partial charge in [0.25, 0.3) is 5.91 Å². The minimum Gasteiger partial charge on any atom is -0.363 e. The van der Waals surface area contributed by atoms with Crippen molar-refractivity contribution in [2.75, 3.05) is 29.6 Å². The van der Waals surface area contributed by atoms with Crippen molar-refractivity contribution in [2.45, 2.75) is 32.7 Å². The third kappa shape index (κ3) is 3.60. The van der Waals surface area contributed by atoms with Gasteiger partial charge in [0, 0.05) is 48.4 Å². The lowest BCUT2D eigenvalue weighted by Crippen LogP contribution is -2.29. The fraction of sp³-hybridized carbons (Fsp3) is 0.409. The number of aryl methyl sites for hydroxylation is 2. The Kier molecular flexibility index (Phi) is 4.34. The van der Waals surface area contributed by atoms with E-state index in [9.17, 15) is 9.59 Å². The molecule has 0 saturated heterocycles. The molecule has 0 aromatic carbocycles. The molecule has 0 radical (unpaired) electrons. The molecule has 2 aliphatic rings. The van der Waals surface area contributed by atoms with Crippen LogP contribution in [0, 0.1) is 12.8 Å². The van der Waals surface area contributed by atoms with E-state index in [2.05, 4.69) is 36.1 Å². The summed E-state index contributed by atoms with van der Waals surface area (Å²) in [6.45, 7) is 1.12. The fourth-order valence-corrected chi connectivity index (χ4v) is 4.17. The van der Waals surface area contributed by atoms with Crippen LogP contribution in [-0.2, 0) is 11.8 Å². The lowest BCUT2D eigenvalue weighted by atomic mass is 9.97. The van der Waals surface area contributed by atoms with Crippen molar-refractivity contribution in [2.24, 2.45) is 13.0 Å². The first kappa shape index (κ1) is 18.3. The van der Waals surface area contributed by atoms with Crippen LogP contribution in [0.4, 0.5) is 23.0 Å². The Morgan fingerprint density at radius 3 is 2.71 bits per heavy atom. The summed E-state index contributed by atoms with van der Waals surface area (Å²) in [7, 11) is 3.75. The molecule has 4 heterocycles. The van der Waals surface area contributed by atoms with Gasteiger partial charge in [0.05, 0.1) is 23.1 Å². The highest BCUT2D eigenvalue weighted by atomic mass is 16.2. The maximum Gasteiger partial charge on any atom is 0.273 e. The van der Waals surface area contributed by atoms with Crippen molar-refractivity contribution in [1.82, 2.24) is 35.5 Å². The number of amides is 2. The smallest absolute Gasteiger partial charge is 0.273 e. The topological polar surface area (TPSA) is 143 Å². The number of fused-ring (bicyclic) bond motifs is 3. The minimum absolute atomic E-state index is 0.0708. The van der Waals surface area contributed by atoms with E-state index >= 15 is 0 Å². The molecular weight excluding hydrogens is 436 g/mol. The molecule has 5 rings (SSSR count). The molecule has 1 atom stereocenters. The van der Waals surface area contributed by atoms with Crippen LogP contribution in [-0.4, -0.2) is 56.0 Å². The standard InChI is InChI=1S/C22H26N10O2/c1-10-8-13-16-18(32(5)30-29-16)11(2)31(4)19(13)20(24-10)25-14-9-15(26-21(33)12-6-7-12)27-28-17(14)22(34)23-3/h8-9,11-12H,6-7H2,1-5H3,(H,23,34)(H2,24,25,26,27,33)/t11-/m0/s1/i3D3. The van der Waals surface area contributed by atoms with Gasteiger partial charge in [-0.25, -0.2) is 9.67 Å². The number of nitrogens with zero attached hydrogens (tertiary/aromatic N) is 7. The van der Waals surface area contributed by atoms with Gasteiger partial charge in [-0.15, -0.1) is 15.3 Å². The highest BCUT2D eigenvalue weighted by Gasteiger charge is 2.34. The van der Waals surface area contributed by atoms with E-state index in [1.54, 1.807) is 4.68 Å². The Morgan fingerprint density at radius 1 is 1.18 bits per heavy atom. The molecule has 1 saturated carbocycles. The van der Waals surface area contributed by atoms with Crippen molar-refractivity contribution >= 4 is 34.8 Å². The summed E-state index contributed by atoms with van der Waals surface area (Å²) in [5, 5.41) is 24.2. The van der Waals surface area contributed by atoms with Gasteiger partial charge in [0.15, 0.2) is 17.3 Å².